The largest absolute Gasteiger partial charge is 0.399 e. The van der Waals surface area contributed by atoms with E-state index in [1.807, 2.05) is 0 Å². The number of nitrogens with zero attached hydrogens (tertiary/aromatic N) is 1. The number of nitrogens with two attached hydrogens (primary N) is 2. The zero-order valence-corrected chi connectivity index (χ0v) is 12.1. The molecule has 21 heavy (non-hydrogen) atoms. The second-order valence-electron chi connectivity index (χ2n) is 4.89. The van der Waals surface area contributed by atoms with Crippen LogP contribution in [0.5, 0.6) is 0 Å². The molecule has 0 saturated heterocycles. The van der Waals surface area contributed by atoms with E-state index in [1.54, 1.807) is 38.1 Å². The minimum atomic E-state index is -0.595. The van der Waals surface area contributed by atoms with Crippen LogP contribution in [-0.2, 0) is 9.59 Å². The van der Waals surface area contributed by atoms with Gasteiger partial charge >= 0.3 is 0 Å². The molecule has 0 radical (unpaired) electrons. The van der Waals surface area contributed by atoms with Crippen LogP contribution in [0.3, 0.4) is 0 Å². The van der Waals surface area contributed by atoms with Crippen LogP contribution in [0.1, 0.15) is 24.2 Å². The number of nitrogen functional groups attached to an aromatic ring is 1. The quantitative estimate of drug-likeness (QED) is 0.625. The molecule has 0 spiro atoms. The Hall–Kier alpha value is -2.57. The molecule has 0 fully saturated rings. The lowest BCUT2D eigenvalue weighted by Crippen LogP contribution is -2.47. The van der Waals surface area contributed by atoms with Gasteiger partial charge in [0.1, 0.15) is 0 Å². The van der Waals surface area contributed by atoms with Gasteiger partial charge in [0.05, 0.1) is 13.1 Å². The summed E-state index contributed by atoms with van der Waals surface area (Å²) in [7, 11) is 0. The molecular weight excluding hydrogens is 272 g/mol. The van der Waals surface area contributed by atoms with Gasteiger partial charge < -0.3 is 21.7 Å². The molecule has 0 aliphatic carbocycles. The molecule has 1 aromatic rings. The number of rotatable bonds is 6. The minimum absolute atomic E-state index is 0.172. The van der Waals surface area contributed by atoms with Gasteiger partial charge in [-0.1, -0.05) is 0 Å². The van der Waals surface area contributed by atoms with Crippen molar-refractivity contribution in [3.05, 3.63) is 29.8 Å². The summed E-state index contributed by atoms with van der Waals surface area (Å²) in [6.07, 6.45) is 0. The molecule has 0 saturated carbocycles. The van der Waals surface area contributed by atoms with Crippen molar-refractivity contribution in [2.45, 2.75) is 19.9 Å². The van der Waals surface area contributed by atoms with E-state index >= 15 is 0 Å². The van der Waals surface area contributed by atoms with Crippen LogP contribution in [0.2, 0.25) is 0 Å². The van der Waals surface area contributed by atoms with Crippen LogP contribution in [0.25, 0.3) is 0 Å². The fourth-order valence-electron chi connectivity index (χ4n) is 1.72. The number of primary amides is 1. The Kier molecular flexibility index (Phi) is 5.71. The molecule has 0 aromatic heterocycles. The topological polar surface area (TPSA) is 119 Å². The zero-order valence-electron chi connectivity index (χ0n) is 12.1. The number of carbonyl (C=O) groups is 3. The maximum absolute atomic E-state index is 12.0. The van der Waals surface area contributed by atoms with Gasteiger partial charge in [-0.05, 0) is 38.1 Å². The number of nitrogens with one attached hydrogen (secondary N) is 1. The Bertz CT molecular complexity index is 526. The lowest BCUT2D eigenvalue weighted by molar-refractivity contribution is -0.135. The second-order valence-corrected chi connectivity index (χ2v) is 4.89. The number of amides is 3. The Morgan fingerprint density at radius 2 is 1.76 bits per heavy atom. The van der Waals surface area contributed by atoms with Crippen LogP contribution in [0, 0.1) is 0 Å². The third-order valence-corrected chi connectivity index (χ3v) is 2.84. The molecule has 3 amide bonds. The summed E-state index contributed by atoms with van der Waals surface area (Å²) in [6.45, 7) is 3.16. The summed E-state index contributed by atoms with van der Waals surface area (Å²) in [5.41, 5.74) is 11.6. The van der Waals surface area contributed by atoms with Gasteiger partial charge in [-0.25, -0.2) is 0 Å². The maximum atomic E-state index is 12.0. The van der Waals surface area contributed by atoms with Crippen molar-refractivity contribution >= 4 is 23.4 Å². The number of hydrogen-bond donors (Lipinski definition) is 3. The van der Waals surface area contributed by atoms with Gasteiger partial charge in [0.2, 0.25) is 11.8 Å². The molecule has 1 rings (SSSR count). The highest BCUT2D eigenvalue weighted by atomic mass is 16.2. The van der Waals surface area contributed by atoms with E-state index in [0.29, 0.717) is 11.3 Å². The SMILES string of the molecule is CC(C)N(CC(N)=O)C(=O)CNC(=O)c1ccc(N)cc1. The summed E-state index contributed by atoms with van der Waals surface area (Å²) in [5, 5.41) is 2.50. The average Bonchev–Trinajstić information content (AvgIpc) is 2.42. The molecule has 7 nitrogen and oxygen atoms in total. The molecule has 114 valence electrons. The average molecular weight is 292 g/mol. The van der Waals surface area contributed by atoms with Crippen molar-refractivity contribution in [2.24, 2.45) is 5.73 Å². The van der Waals surface area contributed by atoms with E-state index in [2.05, 4.69) is 5.32 Å². The molecule has 0 unspecified atom stereocenters. The van der Waals surface area contributed by atoms with Crippen molar-refractivity contribution < 1.29 is 14.4 Å². The molecule has 0 aliphatic rings. The van der Waals surface area contributed by atoms with Gasteiger partial charge in [-0.3, -0.25) is 14.4 Å². The molecule has 0 aliphatic heterocycles. The monoisotopic (exact) mass is 292 g/mol. The smallest absolute Gasteiger partial charge is 0.251 e. The Morgan fingerprint density at radius 1 is 1.19 bits per heavy atom. The molecule has 0 atom stereocenters. The van der Waals surface area contributed by atoms with E-state index in [9.17, 15) is 14.4 Å². The summed E-state index contributed by atoms with van der Waals surface area (Å²) >= 11 is 0. The first kappa shape index (κ1) is 16.5. The molecule has 0 heterocycles. The molecule has 5 N–H and O–H groups in total. The van der Waals surface area contributed by atoms with Gasteiger partial charge in [0.15, 0.2) is 0 Å². The standard InChI is InChI=1S/C14H20N4O3/c1-9(2)18(8-12(16)19)13(20)7-17-14(21)10-3-5-11(15)6-4-10/h3-6,9H,7-8,15H2,1-2H3,(H2,16,19)(H,17,21). The molecule has 1 aromatic carbocycles. The third kappa shape index (κ3) is 5.13. The predicted molar refractivity (Wildman–Crippen MR) is 79.2 cm³/mol. The summed E-state index contributed by atoms with van der Waals surface area (Å²) in [6, 6.07) is 6.16. The van der Waals surface area contributed by atoms with Crippen molar-refractivity contribution in [1.82, 2.24) is 10.2 Å². The molecular formula is C14H20N4O3. The van der Waals surface area contributed by atoms with E-state index in [0.717, 1.165) is 0 Å². The first-order valence-electron chi connectivity index (χ1n) is 6.52. The van der Waals surface area contributed by atoms with Gasteiger partial charge in [0.25, 0.3) is 5.91 Å². The zero-order chi connectivity index (χ0) is 16.0. The normalized spacial score (nSPS) is 10.2. The highest BCUT2D eigenvalue weighted by Crippen LogP contribution is 2.05. The highest BCUT2D eigenvalue weighted by molar-refractivity contribution is 5.97. The lowest BCUT2D eigenvalue weighted by Gasteiger charge is -2.25. The van der Waals surface area contributed by atoms with E-state index < -0.39 is 5.91 Å². The van der Waals surface area contributed by atoms with Crippen LogP contribution >= 0.6 is 0 Å². The first-order chi connectivity index (χ1) is 9.81. The molecule has 0 bridgehead atoms. The van der Waals surface area contributed by atoms with Crippen LogP contribution in [0.4, 0.5) is 5.69 Å². The Balaban J connectivity index is 2.60. The summed E-state index contributed by atoms with van der Waals surface area (Å²) in [5.74, 6) is -1.35. The summed E-state index contributed by atoms with van der Waals surface area (Å²) < 4.78 is 0. The minimum Gasteiger partial charge on any atom is -0.399 e. The lowest BCUT2D eigenvalue weighted by atomic mass is 10.2. The summed E-state index contributed by atoms with van der Waals surface area (Å²) in [4.78, 5) is 36.1. The van der Waals surface area contributed by atoms with Crippen LogP contribution in [-0.4, -0.2) is 41.8 Å². The van der Waals surface area contributed by atoms with Crippen molar-refractivity contribution in [3.8, 4) is 0 Å². The van der Waals surface area contributed by atoms with E-state index in [4.69, 9.17) is 11.5 Å². The molecule has 7 heteroatoms. The van der Waals surface area contributed by atoms with Gasteiger partial charge in [-0.2, -0.15) is 0 Å². The van der Waals surface area contributed by atoms with Crippen molar-refractivity contribution in [1.29, 1.82) is 0 Å². The maximum Gasteiger partial charge on any atom is 0.251 e. The Labute approximate surface area is 123 Å². The van der Waals surface area contributed by atoms with Gasteiger partial charge in [0, 0.05) is 17.3 Å². The highest BCUT2D eigenvalue weighted by Gasteiger charge is 2.19. The first-order valence-corrected chi connectivity index (χ1v) is 6.52. The third-order valence-electron chi connectivity index (χ3n) is 2.84. The fraction of sp³-hybridized carbons (Fsp3) is 0.357. The Morgan fingerprint density at radius 3 is 2.24 bits per heavy atom. The number of hydrogen-bond acceptors (Lipinski definition) is 4. The van der Waals surface area contributed by atoms with Crippen molar-refractivity contribution in [2.75, 3.05) is 18.8 Å². The van der Waals surface area contributed by atoms with E-state index in [1.165, 1.54) is 4.90 Å². The predicted octanol–water partition coefficient (Wildman–Crippen LogP) is -0.279. The number of anilines is 1. The van der Waals surface area contributed by atoms with Crippen molar-refractivity contribution in [3.63, 3.8) is 0 Å². The number of benzene rings is 1. The van der Waals surface area contributed by atoms with Crippen LogP contribution in [0.15, 0.2) is 24.3 Å². The van der Waals surface area contributed by atoms with Crippen LogP contribution < -0.4 is 16.8 Å². The van der Waals surface area contributed by atoms with E-state index in [-0.39, 0.29) is 30.9 Å². The number of carbonyl (C=O) groups excluding carboxylic acids is 3. The van der Waals surface area contributed by atoms with Gasteiger partial charge in [-0.15, -0.1) is 0 Å². The fourth-order valence-corrected chi connectivity index (χ4v) is 1.72. The second kappa shape index (κ2) is 7.28.